The Morgan fingerprint density at radius 1 is 0.656 bits per heavy atom. The second kappa shape index (κ2) is 12.5. The summed E-state index contributed by atoms with van der Waals surface area (Å²) in [6.45, 7) is 2.54. The van der Waals surface area contributed by atoms with Gasteiger partial charge >= 0.3 is 0 Å². The molecule has 0 radical (unpaired) electrons. The molecule has 0 aliphatic heterocycles. The van der Waals surface area contributed by atoms with E-state index in [4.69, 9.17) is 19.0 Å². The summed E-state index contributed by atoms with van der Waals surface area (Å²) < 4.78 is 25.6. The highest BCUT2D eigenvalue weighted by atomic mass is 32.9. The fraction of sp³-hybridized carbons (Fsp3) is 0.308. The van der Waals surface area contributed by atoms with E-state index in [0.717, 1.165) is 33.9 Å². The van der Waals surface area contributed by atoms with Crippen LogP contribution in [-0.4, -0.2) is 10.8 Å². The van der Waals surface area contributed by atoms with E-state index < -0.39 is 19.4 Å². The van der Waals surface area contributed by atoms with Crippen LogP contribution in [0.2, 0.25) is 0 Å². The molecule has 0 aliphatic rings. The third-order valence-corrected chi connectivity index (χ3v) is 10.7. The Labute approximate surface area is 199 Å². The second-order valence-corrected chi connectivity index (χ2v) is 12.9. The standard InChI is InChI=1S/C26H32O3S3/c1-2-3-4-5-6-16-23-28-32(27,30)29-31(24-17-10-7-11-18-24,25-19-12-8-13-20-25)26-21-14-9-15-22-26/h7-15,17-22H,2-6,16,23H2,1H3. The first-order valence-electron chi connectivity index (χ1n) is 11.2. The Kier molecular flexibility index (Phi) is 9.75. The zero-order chi connectivity index (χ0) is 22.7. The van der Waals surface area contributed by atoms with Crippen LogP contribution in [0.3, 0.4) is 0 Å². The molecule has 0 fully saturated rings. The SMILES string of the molecule is CCCCCCCCOS(=O)(=S)OS(c1ccccc1)(c1ccccc1)c1ccccc1. The normalized spacial score (nSPS) is 14.0. The van der Waals surface area contributed by atoms with Gasteiger partial charge in [0.05, 0.1) is 6.61 Å². The van der Waals surface area contributed by atoms with E-state index in [9.17, 15) is 4.21 Å². The van der Waals surface area contributed by atoms with Crippen LogP contribution in [0.25, 0.3) is 0 Å². The van der Waals surface area contributed by atoms with Gasteiger partial charge in [-0.3, -0.25) is 4.18 Å². The number of unbranched alkanes of at least 4 members (excludes halogenated alkanes) is 5. The van der Waals surface area contributed by atoms with Crippen molar-refractivity contribution in [3.63, 3.8) is 0 Å². The highest BCUT2D eigenvalue weighted by Crippen LogP contribution is 2.69. The van der Waals surface area contributed by atoms with Gasteiger partial charge in [0.25, 0.3) is 9.05 Å². The minimum atomic E-state index is -3.41. The van der Waals surface area contributed by atoms with Gasteiger partial charge in [-0.1, -0.05) is 93.6 Å². The summed E-state index contributed by atoms with van der Waals surface area (Å²) in [4.78, 5) is 2.79. The summed E-state index contributed by atoms with van der Waals surface area (Å²) in [5, 5.41) is 0. The lowest BCUT2D eigenvalue weighted by Crippen LogP contribution is -2.16. The van der Waals surface area contributed by atoms with Gasteiger partial charge in [0.1, 0.15) is 0 Å². The third kappa shape index (κ3) is 6.65. The molecule has 0 heterocycles. The van der Waals surface area contributed by atoms with Crippen molar-refractivity contribution < 1.29 is 12.0 Å². The van der Waals surface area contributed by atoms with Crippen molar-refractivity contribution in [3.8, 4) is 0 Å². The first-order chi connectivity index (χ1) is 15.6. The molecule has 32 heavy (non-hydrogen) atoms. The van der Waals surface area contributed by atoms with E-state index in [1.54, 1.807) is 0 Å². The fourth-order valence-corrected chi connectivity index (χ4v) is 9.36. The average Bonchev–Trinajstić information content (AvgIpc) is 2.84. The largest absolute Gasteiger partial charge is 0.279 e. The summed E-state index contributed by atoms with van der Waals surface area (Å²) in [5.74, 6) is 0. The lowest BCUT2D eigenvalue weighted by molar-refractivity contribution is 0.302. The highest BCUT2D eigenvalue weighted by molar-refractivity contribution is 8.39. The maximum atomic E-state index is 13.4. The van der Waals surface area contributed by atoms with Crippen molar-refractivity contribution in [2.24, 2.45) is 0 Å². The van der Waals surface area contributed by atoms with Crippen molar-refractivity contribution in [1.29, 1.82) is 0 Å². The van der Waals surface area contributed by atoms with Crippen molar-refractivity contribution in [3.05, 3.63) is 91.0 Å². The number of hydrogen-bond donors (Lipinski definition) is 0. The minimum absolute atomic E-state index is 0.336. The second-order valence-electron chi connectivity index (χ2n) is 7.56. The minimum Gasteiger partial charge on any atom is -0.269 e. The predicted octanol–water partition coefficient (Wildman–Crippen LogP) is 7.85. The van der Waals surface area contributed by atoms with Crippen LogP contribution >= 0.6 is 10.3 Å². The van der Waals surface area contributed by atoms with Crippen molar-refractivity contribution >= 4 is 30.6 Å². The molecule has 3 aromatic rings. The first kappa shape index (κ1) is 24.9. The van der Waals surface area contributed by atoms with Gasteiger partial charge in [-0.25, -0.2) is 3.63 Å². The van der Waals surface area contributed by atoms with Crippen LogP contribution in [0.4, 0.5) is 0 Å². The maximum Gasteiger partial charge on any atom is 0.279 e. The third-order valence-electron chi connectivity index (χ3n) is 5.14. The zero-order valence-corrected chi connectivity index (χ0v) is 21.0. The molecule has 0 spiro atoms. The van der Waals surface area contributed by atoms with Gasteiger partial charge in [-0.2, -0.15) is 4.21 Å². The molecule has 0 N–H and O–H groups in total. The Hall–Kier alpha value is -1.70. The Morgan fingerprint density at radius 2 is 1.06 bits per heavy atom. The van der Waals surface area contributed by atoms with Crippen LogP contribution in [0.5, 0.6) is 0 Å². The van der Waals surface area contributed by atoms with Crippen molar-refractivity contribution in [1.82, 2.24) is 0 Å². The molecule has 0 bridgehead atoms. The fourth-order valence-electron chi connectivity index (χ4n) is 3.55. The molecule has 0 aromatic heterocycles. The van der Waals surface area contributed by atoms with Crippen LogP contribution in [-0.2, 0) is 28.1 Å². The summed E-state index contributed by atoms with van der Waals surface area (Å²) in [5.41, 5.74) is 0. The lowest BCUT2D eigenvalue weighted by Gasteiger charge is -2.39. The smallest absolute Gasteiger partial charge is 0.269 e. The average molecular weight is 489 g/mol. The number of rotatable bonds is 13. The van der Waals surface area contributed by atoms with Crippen molar-refractivity contribution in [2.45, 2.75) is 60.1 Å². The van der Waals surface area contributed by atoms with Gasteiger partial charge in [0.15, 0.2) is 0 Å². The molecular formula is C26H32O3S3. The Bertz CT molecular complexity index is 927. The van der Waals surface area contributed by atoms with E-state index in [0.29, 0.717) is 6.61 Å². The van der Waals surface area contributed by atoms with Gasteiger partial charge in [0, 0.05) is 25.9 Å². The van der Waals surface area contributed by atoms with Gasteiger partial charge in [0.2, 0.25) is 0 Å². The summed E-state index contributed by atoms with van der Waals surface area (Å²) in [7, 11) is -5.76. The summed E-state index contributed by atoms with van der Waals surface area (Å²) in [6, 6.07) is 29.7. The van der Waals surface area contributed by atoms with Crippen LogP contribution in [0.15, 0.2) is 106 Å². The van der Waals surface area contributed by atoms with E-state index in [-0.39, 0.29) is 0 Å². The molecule has 172 valence electrons. The molecule has 3 aromatic carbocycles. The van der Waals surface area contributed by atoms with Crippen LogP contribution in [0.1, 0.15) is 45.4 Å². The quantitative estimate of drug-likeness (QED) is 0.229. The molecule has 0 saturated carbocycles. The maximum absolute atomic E-state index is 13.4. The number of hydrogen-bond acceptors (Lipinski definition) is 4. The molecule has 1 atom stereocenters. The highest BCUT2D eigenvalue weighted by Gasteiger charge is 2.36. The molecule has 0 saturated heterocycles. The molecule has 0 aliphatic carbocycles. The van der Waals surface area contributed by atoms with Gasteiger partial charge in [-0.15, -0.1) is 0 Å². The molecule has 0 amide bonds. The molecule has 6 heteroatoms. The lowest BCUT2D eigenvalue weighted by atomic mass is 10.1. The van der Waals surface area contributed by atoms with Gasteiger partial charge in [-0.05, 0) is 53.1 Å². The molecule has 1 unspecified atom stereocenters. The van der Waals surface area contributed by atoms with Crippen LogP contribution < -0.4 is 0 Å². The summed E-state index contributed by atoms with van der Waals surface area (Å²) in [6.07, 6.45) is 6.71. The monoisotopic (exact) mass is 488 g/mol. The van der Waals surface area contributed by atoms with E-state index in [1.807, 2.05) is 91.0 Å². The molecule has 3 rings (SSSR count). The molecule has 3 nitrogen and oxygen atoms in total. The van der Waals surface area contributed by atoms with Crippen molar-refractivity contribution in [2.75, 3.05) is 6.61 Å². The Balaban J connectivity index is 1.91. The van der Waals surface area contributed by atoms with E-state index in [2.05, 4.69) is 6.92 Å². The van der Waals surface area contributed by atoms with E-state index in [1.165, 1.54) is 19.3 Å². The topological polar surface area (TPSA) is 35.5 Å². The predicted molar refractivity (Wildman–Crippen MR) is 138 cm³/mol. The van der Waals surface area contributed by atoms with E-state index >= 15 is 0 Å². The molecular weight excluding hydrogens is 456 g/mol. The Morgan fingerprint density at radius 3 is 1.50 bits per heavy atom. The first-order valence-corrected chi connectivity index (χ1v) is 15.1. The zero-order valence-electron chi connectivity index (χ0n) is 18.6. The summed E-state index contributed by atoms with van der Waals surface area (Å²) >= 11 is 5.42. The number of benzene rings is 3. The van der Waals surface area contributed by atoms with Gasteiger partial charge < -0.3 is 0 Å². The van der Waals surface area contributed by atoms with Crippen LogP contribution in [0, 0.1) is 0 Å².